The molecule has 1 atom stereocenters. The largest absolute Gasteiger partial charge is 0.379 e. The third kappa shape index (κ3) is 3.98. The minimum atomic E-state index is -0.0926. The third-order valence-corrected chi connectivity index (χ3v) is 2.74. The van der Waals surface area contributed by atoms with E-state index in [0.717, 1.165) is 18.4 Å². The van der Waals surface area contributed by atoms with Crippen molar-refractivity contribution in [3.8, 4) is 0 Å². The summed E-state index contributed by atoms with van der Waals surface area (Å²) in [5.74, 6) is 0. The number of methoxy groups -OCH3 is 1. The smallest absolute Gasteiger partial charge is 0.0623 e. The second-order valence-electron chi connectivity index (χ2n) is 4.39. The van der Waals surface area contributed by atoms with Gasteiger partial charge in [-0.15, -0.1) is 0 Å². The van der Waals surface area contributed by atoms with Gasteiger partial charge in [-0.05, 0) is 44.4 Å². The first kappa shape index (κ1) is 12.1. The number of hydrogen-bond donors (Lipinski definition) is 1. The number of nitrogens with zero attached hydrogens (tertiary/aromatic N) is 1. The fraction of sp³-hybridized carbons (Fsp3) is 0.583. The van der Waals surface area contributed by atoms with Gasteiger partial charge in [0, 0.05) is 25.5 Å². The molecule has 0 bridgehead atoms. The van der Waals surface area contributed by atoms with Gasteiger partial charge in [-0.2, -0.15) is 0 Å². The highest BCUT2D eigenvalue weighted by Crippen LogP contribution is 2.22. The van der Waals surface area contributed by atoms with E-state index in [-0.39, 0.29) is 11.6 Å². The summed E-state index contributed by atoms with van der Waals surface area (Å²) >= 11 is 0. The van der Waals surface area contributed by atoms with Crippen LogP contribution in [-0.4, -0.2) is 17.7 Å². The van der Waals surface area contributed by atoms with E-state index in [1.54, 1.807) is 19.5 Å². The van der Waals surface area contributed by atoms with E-state index in [2.05, 4.69) is 18.8 Å². The molecule has 0 radical (unpaired) electrons. The molecule has 1 heterocycles. The molecule has 1 unspecified atom stereocenters. The van der Waals surface area contributed by atoms with Gasteiger partial charge < -0.3 is 10.5 Å². The average molecular weight is 208 g/mol. The second kappa shape index (κ2) is 5.24. The van der Waals surface area contributed by atoms with E-state index in [9.17, 15) is 0 Å². The minimum Gasteiger partial charge on any atom is -0.379 e. The normalized spacial score (nSPS) is 13.9. The molecule has 84 valence electrons. The van der Waals surface area contributed by atoms with Crippen LogP contribution in [0.15, 0.2) is 24.5 Å². The lowest BCUT2D eigenvalue weighted by atomic mass is 9.96. The topological polar surface area (TPSA) is 48.1 Å². The van der Waals surface area contributed by atoms with Gasteiger partial charge in [0.25, 0.3) is 0 Å². The summed E-state index contributed by atoms with van der Waals surface area (Å²) in [6, 6.07) is 4.00. The van der Waals surface area contributed by atoms with Gasteiger partial charge in [-0.1, -0.05) is 0 Å². The quantitative estimate of drug-likeness (QED) is 0.807. The molecule has 3 nitrogen and oxygen atoms in total. The highest BCUT2D eigenvalue weighted by Gasteiger charge is 2.18. The van der Waals surface area contributed by atoms with Crippen LogP contribution in [0.25, 0.3) is 0 Å². The van der Waals surface area contributed by atoms with Crippen molar-refractivity contribution in [1.82, 2.24) is 4.98 Å². The van der Waals surface area contributed by atoms with Crippen LogP contribution in [-0.2, 0) is 4.74 Å². The summed E-state index contributed by atoms with van der Waals surface area (Å²) < 4.78 is 5.36. The lowest BCUT2D eigenvalue weighted by Crippen LogP contribution is -2.24. The van der Waals surface area contributed by atoms with E-state index in [1.807, 2.05) is 12.1 Å². The van der Waals surface area contributed by atoms with E-state index in [0.29, 0.717) is 0 Å². The maximum Gasteiger partial charge on any atom is 0.0623 e. The molecule has 0 aliphatic carbocycles. The zero-order chi connectivity index (χ0) is 11.3. The summed E-state index contributed by atoms with van der Waals surface area (Å²) in [6.07, 6.45) is 5.42. The molecule has 1 rings (SSSR count). The van der Waals surface area contributed by atoms with Gasteiger partial charge in [0.15, 0.2) is 0 Å². The van der Waals surface area contributed by atoms with Gasteiger partial charge in [0.1, 0.15) is 0 Å². The number of ether oxygens (including phenoxy) is 1. The number of pyridine rings is 1. The predicted octanol–water partition coefficient (Wildman–Crippen LogP) is 2.29. The summed E-state index contributed by atoms with van der Waals surface area (Å²) in [7, 11) is 1.73. The van der Waals surface area contributed by atoms with Crippen molar-refractivity contribution in [2.45, 2.75) is 38.3 Å². The highest BCUT2D eigenvalue weighted by atomic mass is 16.5. The lowest BCUT2D eigenvalue weighted by Gasteiger charge is -2.24. The molecule has 0 saturated carbocycles. The number of hydrogen-bond acceptors (Lipinski definition) is 3. The zero-order valence-electron chi connectivity index (χ0n) is 9.73. The average Bonchev–Trinajstić information content (AvgIpc) is 2.27. The van der Waals surface area contributed by atoms with Crippen LogP contribution in [0.4, 0.5) is 0 Å². The number of rotatable bonds is 5. The summed E-state index contributed by atoms with van der Waals surface area (Å²) in [6.45, 7) is 4.15. The van der Waals surface area contributed by atoms with Crippen molar-refractivity contribution < 1.29 is 4.74 Å². The molecule has 3 heteroatoms. The van der Waals surface area contributed by atoms with Crippen molar-refractivity contribution in [2.75, 3.05) is 7.11 Å². The SMILES string of the molecule is COC(C)(C)CCC(N)c1ccncc1. The minimum absolute atomic E-state index is 0.0717. The van der Waals surface area contributed by atoms with Crippen molar-refractivity contribution in [3.05, 3.63) is 30.1 Å². The molecule has 0 fully saturated rings. The molecule has 0 aliphatic rings. The van der Waals surface area contributed by atoms with Crippen LogP contribution in [0.1, 0.15) is 38.3 Å². The Morgan fingerprint density at radius 2 is 2.00 bits per heavy atom. The first-order valence-corrected chi connectivity index (χ1v) is 5.26. The maximum absolute atomic E-state index is 6.07. The zero-order valence-corrected chi connectivity index (χ0v) is 9.73. The molecule has 0 spiro atoms. The van der Waals surface area contributed by atoms with E-state index in [4.69, 9.17) is 10.5 Å². The van der Waals surface area contributed by atoms with Crippen molar-refractivity contribution >= 4 is 0 Å². The van der Waals surface area contributed by atoms with Crippen LogP contribution >= 0.6 is 0 Å². The van der Waals surface area contributed by atoms with Crippen LogP contribution < -0.4 is 5.73 Å². The van der Waals surface area contributed by atoms with E-state index >= 15 is 0 Å². The molecule has 2 N–H and O–H groups in total. The molecule has 0 aliphatic heterocycles. The first-order valence-electron chi connectivity index (χ1n) is 5.26. The van der Waals surface area contributed by atoms with Crippen LogP contribution in [0.5, 0.6) is 0 Å². The molecule has 15 heavy (non-hydrogen) atoms. The van der Waals surface area contributed by atoms with Gasteiger partial charge in [-0.3, -0.25) is 4.98 Å². The molecule has 0 amide bonds. The Balaban J connectivity index is 2.47. The molecule has 1 aromatic rings. The Hall–Kier alpha value is -0.930. The fourth-order valence-electron chi connectivity index (χ4n) is 1.38. The standard InChI is InChI=1S/C12H20N2O/c1-12(2,15-3)7-4-11(13)10-5-8-14-9-6-10/h5-6,8-9,11H,4,7,13H2,1-3H3. The van der Waals surface area contributed by atoms with E-state index < -0.39 is 0 Å². The molecule has 1 aromatic heterocycles. The summed E-state index contributed by atoms with van der Waals surface area (Å²) in [5, 5.41) is 0. The molecule has 0 saturated heterocycles. The van der Waals surface area contributed by atoms with Crippen LogP contribution in [0.3, 0.4) is 0 Å². The van der Waals surface area contributed by atoms with E-state index in [1.165, 1.54) is 0 Å². The molecular weight excluding hydrogens is 188 g/mol. The fourth-order valence-corrected chi connectivity index (χ4v) is 1.38. The Kier molecular flexibility index (Phi) is 4.24. The van der Waals surface area contributed by atoms with Crippen LogP contribution in [0.2, 0.25) is 0 Å². The number of aromatic nitrogens is 1. The Morgan fingerprint density at radius 3 is 2.53 bits per heavy atom. The van der Waals surface area contributed by atoms with Crippen molar-refractivity contribution in [1.29, 1.82) is 0 Å². The third-order valence-electron chi connectivity index (χ3n) is 2.74. The lowest BCUT2D eigenvalue weighted by molar-refractivity contribution is 0.0125. The van der Waals surface area contributed by atoms with Crippen molar-refractivity contribution in [2.24, 2.45) is 5.73 Å². The predicted molar refractivity (Wildman–Crippen MR) is 61.5 cm³/mol. The number of nitrogens with two attached hydrogens (primary N) is 1. The molecule has 0 aromatic carbocycles. The Morgan fingerprint density at radius 1 is 1.40 bits per heavy atom. The van der Waals surface area contributed by atoms with Gasteiger partial charge in [-0.25, -0.2) is 0 Å². The second-order valence-corrected chi connectivity index (χ2v) is 4.39. The Bertz CT molecular complexity index is 285. The Labute approximate surface area is 91.7 Å². The van der Waals surface area contributed by atoms with Gasteiger partial charge in [0.2, 0.25) is 0 Å². The first-order chi connectivity index (χ1) is 7.05. The highest BCUT2D eigenvalue weighted by molar-refractivity contribution is 5.14. The summed E-state index contributed by atoms with van der Waals surface area (Å²) in [5.41, 5.74) is 7.12. The molecular formula is C12H20N2O. The van der Waals surface area contributed by atoms with Gasteiger partial charge in [0.05, 0.1) is 5.60 Å². The van der Waals surface area contributed by atoms with Gasteiger partial charge >= 0.3 is 0 Å². The summed E-state index contributed by atoms with van der Waals surface area (Å²) in [4.78, 5) is 3.97. The monoisotopic (exact) mass is 208 g/mol. The maximum atomic E-state index is 6.07. The van der Waals surface area contributed by atoms with Crippen molar-refractivity contribution in [3.63, 3.8) is 0 Å². The van der Waals surface area contributed by atoms with Crippen LogP contribution in [0, 0.1) is 0 Å².